The number of rotatable bonds is 8. The van der Waals surface area contributed by atoms with Crippen molar-refractivity contribution in [1.29, 1.82) is 0 Å². The average molecular weight is 466 g/mol. The maximum atomic E-state index is 13.3. The van der Waals surface area contributed by atoms with E-state index in [9.17, 15) is 17.6 Å². The number of benzene rings is 3. The summed E-state index contributed by atoms with van der Waals surface area (Å²) in [6.45, 7) is 0.173. The lowest BCUT2D eigenvalue weighted by atomic mass is 10.2. The monoisotopic (exact) mass is 465 g/mol. The lowest BCUT2D eigenvalue weighted by Gasteiger charge is -2.09. The summed E-state index contributed by atoms with van der Waals surface area (Å²) in [7, 11) is -3.59. The van der Waals surface area contributed by atoms with E-state index >= 15 is 0 Å². The van der Waals surface area contributed by atoms with Crippen LogP contribution < -0.4 is 10.1 Å². The SMILES string of the molecule is O=C(Nc1cccc(OCc2cccc(F)c2)c1)c1ccc(CS(=O)(=O)c2ccccc2)o1. The summed E-state index contributed by atoms with van der Waals surface area (Å²) in [5.41, 5.74) is 1.14. The summed E-state index contributed by atoms with van der Waals surface area (Å²) in [5.74, 6) is -0.581. The molecule has 0 fully saturated rings. The smallest absolute Gasteiger partial charge is 0.291 e. The van der Waals surface area contributed by atoms with E-state index in [0.717, 1.165) is 0 Å². The minimum atomic E-state index is -3.59. The molecule has 1 aromatic heterocycles. The molecule has 1 amide bonds. The Morgan fingerprint density at radius 3 is 2.48 bits per heavy atom. The van der Waals surface area contributed by atoms with Crippen LogP contribution in [0.25, 0.3) is 0 Å². The van der Waals surface area contributed by atoms with Gasteiger partial charge in [0.2, 0.25) is 0 Å². The Kier molecular flexibility index (Phi) is 6.55. The van der Waals surface area contributed by atoms with Gasteiger partial charge in [0.15, 0.2) is 15.6 Å². The average Bonchev–Trinajstić information content (AvgIpc) is 3.27. The predicted octanol–water partition coefficient (Wildman–Crippen LogP) is 5.22. The van der Waals surface area contributed by atoms with Crippen molar-refractivity contribution in [3.05, 3.63) is 114 Å². The number of anilines is 1. The molecule has 0 spiro atoms. The zero-order valence-electron chi connectivity index (χ0n) is 17.4. The van der Waals surface area contributed by atoms with Gasteiger partial charge in [-0.15, -0.1) is 0 Å². The molecule has 168 valence electrons. The van der Waals surface area contributed by atoms with E-state index in [0.29, 0.717) is 17.0 Å². The van der Waals surface area contributed by atoms with E-state index in [2.05, 4.69) is 5.32 Å². The molecule has 4 rings (SSSR count). The Morgan fingerprint density at radius 1 is 0.909 bits per heavy atom. The summed E-state index contributed by atoms with van der Waals surface area (Å²) >= 11 is 0. The highest BCUT2D eigenvalue weighted by Gasteiger charge is 2.19. The van der Waals surface area contributed by atoms with Gasteiger partial charge in [0, 0.05) is 11.8 Å². The molecule has 0 radical (unpaired) electrons. The lowest BCUT2D eigenvalue weighted by Crippen LogP contribution is -2.11. The number of furan rings is 1. The molecule has 33 heavy (non-hydrogen) atoms. The van der Waals surface area contributed by atoms with Gasteiger partial charge in [-0.25, -0.2) is 12.8 Å². The minimum Gasteiger partial charge on any atom is -0.489 e. The van der Waals surface area contributed by atoms with Gasteiger partial charge in [0.25, 0.3) is 5.91 Å². The molecule has 0 aliphatic heterocycles. The van der Waals surface area contributed by atoms with Crippen molar-refractivity contribution in [3.63, 3.8) is 0 Å². The van der Waals surface area contributed by atoms with Crippen LogP contribution in [0.3, 0.4) is 0 Å². The molecular weight excluding hydrogens is 445 g/mol. The first-order chi connectivity index (χ1) is 15.9. The molecule has 1 N–H and O–H groups in total. The standard InChI is InChI=1S/C25H20FNO5S/c26-19-7-4-6-18(14-19)16-31-21-9-5-8-20(15-21)27-25(28)24-13-12-22(32-24)17-33(29,30)23-10-2-1-3-11-23/h1-15H,16-17H2,(H,27,28). The predicted molar refractivity (Wildman–Crippen MR) is 121 cm³/mol. The number of carbonyl (C=O) groups is 1. The summed E-state index contributed by atoms with van der Waals surface area (Å²) < 4.78 is 49.4. The number of ether oxygens (including phenoxy) is 1. The third-order valence-electron chi connectivity index (χ3n) is 4.71. The second kappa shape index (κ2) is 9.70. The van der Waals surface area contributed by atoms with Gasteiger partial charge < -0.3 is 14.5 Å². The van der Waals surface area contributed by atoms with Crippen molar-refractivity contribution in [2.24, 2.45) is 0 Å². The van der Waals surface area contributed by atoms with Gasteiger partial charge in [0.05, 0.1) is 4.90 Å². The van der Waals surface area contributed by atoms with Crippen LogP contribution in [-0.4, -0.2) is 14.3 Å². The van der Waals surface area contributed by atoms with Crippen LogP contribution in [0.15, 0.2) is 100 Å². The highest BCUT2D eigenvalue weighted by molar-refractivity contribution is 7.90. The summed E-state index contributed by atoms with van der Waals surface area (Å²) in [5, 5.41) is 2.69. The second-order valence-electron chi connectivity index (χ2n) is 7.24. The topological polar surface area (TPSA) is 85.6 Å². The van der Waals surface area contributed by atoms with Crippen molar-refractivity contribution in [3.8, 4) is 5.75 Å². The number of hydrogen-bond acceptors (Lipinski definition) is 5. The first kappa shape index (κ1) is 22.3. The lowest BCUT2D eigenvalue weighted by molar-refractivity contribution is 0.0995. The van der Waals surface area contributed by atoms with E-state index in [1.807, 2.05) is 0 Å². The van der Waals surface area contributed by atoms with Crippen LogP contribution >= 0.6 is 0 Å². The Morgan fingerprint density at radius 2 is 1.70 bits per heavy atom. The quantitative estimate of drug-likeness (QED) is 0.385. The molecule has 3 aromatic carbocycles. The Labute approximate surface area is 190 Å². The molecule has 0 bridgehead atoms. The fraction of sp³-hybridized carbons (Fsp3) is 0.0800. The molecule has 0 aliphatic carbocycles. The number of sulfone groups is 1. The zero-order chi connectivity index (χ0) is 23.3. The van der Waals surface area contributed by atoms with Crippen LogP contribution in [0.2, 0.25) is 0 Å². The number of hydrogen-bond donors (Lipinski definition) is 1. The first-order valence-corrected chi connectivity index (χ1v) is 11.7. The van der Waals surface area contributed by atoms with Crippen molar-refractivity contribution >= 4 is 21.4 Å². The van der Waals surface area contributed by atoms with Gasteiger partial charge in [-0.1, -0.05) is 36.4 Å². The molecular formula is C25H20FNO5S. The van der Waals surface area contributed by atoms with Crippen LogP contribution in [-0.2, 0) is 22.2 Å². The van der Waals surface area contributed by atoms with E-state index in [1.54, 1.807) is 54.6 Å². The van der Waals surface area contributed by atoms with Gasteiger partial charge in [-0.05, 0) is 54.1 Å². The van der Waals surface area contributed by atoms with Crippen LogP contribution in [0, 0.1) is 5.82 Å². The number of carbonyl (C=O) groups excluding carboxylic acids is 1. The highest BCUT2D eigenvalue weighted by Crippen LogP contribution is 2.21. The van der Waals surface area contributed by atoms with Crippen molar-refractivity contribution in [1.82, 2.24) is 0 Å². The third-order valence-corrected chi connectivity index (χ3v) is 6.36. The van der Waals surface area contributed by atoms with Crippen LogP contribution in [0.4, 0.5) is 10.1 Å². The van der Waals surface area contributed by atoms with Gasteiger partial charge in [0.1, 0.15) is 29.7 Å². The van der Waals surface area contributed by atoms with Gasteiger partial charge in [-0.2, -0.15) is 0 Å². The summed E-state index contributed by atoms with van der Waals surface area (Å²) in [6.07, 6.45) is 0. The zero-order valence-corrected chi connectivity index (χ0v) is 18.2. The molecule has 8 heteroatoms. The molecule has 6 nitrogen and oxygen atoms in total. The van der Waals surface area contributed by atoms with Gasteiger partial charge >= 0.3 is 0 Å². The molecule has 0 atom stereocenters. The van der Waals surface area contributed by atoms with Crippen molar-refractivity contribution in [2.75, 3.05) is 5.32 Å². The summed E-state index contributed by atoms with van der Waals surface area (Å²) in [6, 6.07) is 23.8. The molecule has 0 saturated carbocycles. The Balaban J connectivity index is 1.39. The molecule has 4 aromatic rings. The maximum absolute atomic E-state index is 13.3. The second-order valence-corrected chi connectivity index (χ2v) is 9.23. The van der Waals surface area contributed by atoms with E-state index in [1.165, 1.54) is 36.4 Å². The Bertz CT molecular complexity index is 1370. The van der Waals surface area contributed by atoms with Crippen molar-refractivity contribution < 1.29 is 26.8 Å². The van der Waals surface area contributed by atoms with Crippen LogP contribution in [0.1, 0.15) is 21.9 Å². The highest BCUT2D eigenvalue weighted by atomic mass is 32.2. The minimum absolute atomic E-state index is 0.0145. The third kappa shape index (κ3) is 5.87. The Hall–Kier alpha value is -3.91. The number of halogens is 1. The number of nitrogens with one attached hydrogen (secondary N) is 1. The molecule has 0 aliphatic rings. The van der Waals surface area contributed by atoms with Crippen LogP contribution in [0.5, 0.6) is 5.75 Å². The largest absolute Gasteiger partial charge is 0.489 e. The first-order valence-electron chi connectivity index (χ1n) is 10.0. The van der Waals surface area contributed by atoms with E-state index < -0.39 is 15.7 Å². The number of amides is 1. The van der Waals surface area contributed by atoms with E-state index in [-0.39, 0.29) is 34.6 Å². The maximum Gasteiger partial charge on any atom is 0.291 e. The van der Waals surface area contributed by atoms with Crippen molar-refractivity contribution in [2.45, 2.75) is 17.3 Å². The molecule has 0 unspecified atom stereocenters. The fourth-order valence-electron chi connectivity index (χ4n) is 3.13. The van der Waals surface area contributed by atoms with E-state index in [4.69, 9.17) is 9.15 Å². The summed E-state index contributed by atoms with van der Waals surface area (Å²) in [4.78, 5) is 12.7. The van der Waals surface area contributed by atoms with Gasteiger partial charge in [-0.3, -0.25) is 4.79 Å². The normalized spacial score (nSPS) is 11.2. The molecule has 0 saturated heterocycles. The fourth-order valence-corrected chi connectivity index (χ4v) is 4.39. The molecule has 1 heterocycles.